The molecule has 0 spiro atoms. The van der Waals surface area contributed by atoms with Gasteiger partial charge in [-0.15, -0.1) is 9.89 Å². The Labute approximate surface area is 149 Å². The molecular weight excluding hydrogens is 310 g/mol. The van der Waals surface area contributed by atoms with Gasteiger partial charge in [0.05, 0.1) is 7.11 Å². The second kappa shape index (κ2) is 5.45. The van der Waals surface area contributed by atoms with Crippen molar-refractivity contribution in [2.45, 2.75) is 47.0 Å². The summed E-state index contributed by atoms with van der Waals surface area (Å²) in [4.78, 5) is 1.72. The highest BCUT2D eigenvalue weighted by molar-refractivity contribution is 5.94. The number of hydrogen-bond acceptors (Lipinski definition) is 3. The first-order valence-electron chi connectivity index (χ1n) is 9.16. The Bertz CT molecular complexity index is 834. The minimum absolute atomic E-state index is 0.162. The Hall–Kier alpha value is -2.10. The molecule has 0 unspecified atom stereocenters. The van der Waals surface area contributed by atoms with Crippen molar-refractivity contribution in [2.75, 3.05) is 7.11 Å². The predicted octanol–water partition coefficient (Wildman–Crippen LogP) is 4.92. The quantitative estimate of drug-likeness (QED) is 0.797. The fourth-order valence-corrected chi connectivity index (χ4v) is 4.83. The fraction of sp³-hybridized carbons (Fsp3) is 0.524. The fourth-order valence-electron chi connectivity index (χ4n) is 4.83. The molecule has 0 radical (unpaired) electrons. The molecule has 0 amide bonds. The van der Waals surface area contributed by atoms with Gasteiger partial charge in [-0.2, -0.15) is 5.10 Å². The third-order valence-corrected chi connectivity index (χ3v) is 7.02. The minimum atomic E-state index is 0.162. The van der Waals surface area contributed by atoms with Crippen molar-refractivity contribution in [3.63, 3.8) is 0 Å². The van der Waals surface area contributed by atoms with Gasteiger partial charge in [0.1, 0.15) is 5.69 Å². The zero-order valence-corrected chi connectivity index (χ0v) is 15.8. The number of aromatic nitrogens is 2. The molecule has 2 atom stereocenters. The summed E-state index contributed by atoms with van der Waals surface area (Å²) >= 11 is 0. The maximum atomic E-state index is 5.65. The van der Waals surface area contributed by atoms with E-state index in [9.17, 15) is 0 Å². The van der Waals surface area contributed by atoms with Gasteiger partial charge in [-0.05, 0) is 37.5 Å². The van der Waals surface area contributed by atoms with E-state index in [1.54, 1.807) is 11.9 Å². The highest BCUT2D eigenvalue weighted by atomic mass is 16.5. The van der Waals surface area contributed by atoms with Crippen molar-refractivity contribution >= 4 is 5.71 Å². The zero-order chi connectivity index (χ0) is 17.8. The van der Waals surface area contributed by atoms with E-state index in [2.05, 4.69) is 39.8 Å². The van der Waals surface area contributed by atoms with Crippen LogP contribution < -0.4 is 4.74 Å². The second-order valence-electron chi connectivity index (χ2n) is 8.28. The smallest absolute Gasteiger partial charge is 0.238 e. The predicted molar refractivity (Wildman–Crippen MR) is 101 cm³/mol. The first-order chi connectivity index (χ1) is 11.9. The molecule has 1 aromatic carbocycles. The van der Waals surface area contributed by atoms with Crippen molar-refractivity contribution in [2.24, 2.45) is 21.8 Å². The summed E-state index contributed by atoms with van der Waals surface area (Å²) in [5, 5.41) is 9.76. The average molecular weight is 337 g/mol. The molecule has 2 aliphatic rings. The number of benzene rings is 1. The molecule has 4 rings (SSSR count). The Morgan fingerprint density at radius 1 is 1.20 bits per heavy atom. The van der Waals surface area contributed by atoms with Crippen molar-refractivity contribution < 1.29 is 4.74 Å². The Kier molecular flexibility index (Phi) is 3.57. The van der Waals surface area contributed by atoms with Gasteiger partial charge >= 0.3 is 0 Å². The second-order valence-corrected chi connectivity index (χ2v) is 8.28. The van der Waals surface area contributed by atoms with Crippen LogP contribution in [-0.2, 0) is 0 Å². The summed E-state index contributed by atoms with van der Waals surface area (Å²) < 4.78 is 5.65. The van der Waals surface area contributed by atoms with Gasteiger partial charge in [-0.3, -0.25) is 0 Å². The highest BCUT2D eigenvalue weighted by Crippen LogP contribution is 2.64. The lowest BCUT2D eigenvalue weighted by Crippen LogP contribution is -2.33. The van der Waals surface area contributed by atoms with Crippen LogP contribution in [0.2, 0.25) is 0 Å². The standard InChI is InChI=1S/C21H27N3O/c1-14-18(15-9-7-6-8-10-15)23-24(19(14)25-5)22-17-13-16-11-12-21(17,4)20(16,2)3/h6-10,16H,11-13H2,1-5H3/b22-17-/t16-,21+/m0/s1. The summed E-state index contributed by atoms with van der Waals surface area (Å²) in [7, 11) is 1.70. The summed E-state index contributed by atoms with van der Waals surface area (Å²) in [6.07, 6.45) is 3.61. The van der Waals surface area contributed by atoms with E-state index in [-0.39, 0.29) is 5.41 Å². The molecule has 132 valence electrons. The number of nitrogens with zero attached hydrogens (tertiary/aromatic N) is 3. The van der Waals surface area contributed by atoms with E-state index in [4.69, 9.17) is 14.9 Å². The SMILES string of the molecule is COc1c(C)c(-c2ccccc2)nn1/N=C1/C[C@@H]2CC[C@@]1(C)C2(C)C. The molecule has 2 fully saturated rings. The first kappa shape index (κ1) is 16.4. The monoisotopic (exact) mass is 337 g/mol. The molecule has 2 aliphatic carbocycles. The molecule has 4 nitrogen and oxygen atoms in total. The molecule has 2 saturated carbocycles. The average Bonchev–Trinajstić information content (AvgIpc) is 3.10. The first-order valence-corrected chi connectivity index (χ1v) is 9.16. The molecular formula is C21H27N3O. The molecule has 25 heavy (non-hydrogen) atoms. The van der Waals surface area contributed by atoms with Gasteiger partial charge in [0, 0.05) is 22.3 Å². The van der Waals surface area contributed by atoms with Gasteiger partial charge in [0.15, 0.2) is 0 Å². The van der Waals surface area contributed by atoms with Gasteiger partial charge in [-0.25, -0.2) is 0 Å². The number of ether oxygens (including phenoxy) is 1. The number of hydrogen-bond donors (Lipinski definition) is 0. The van der Waals surface area contributed by atoms with Crippen LogP contribution in [0.25, 0.3) is 11.3 Å². The lowest BCUT2D eigenvalue weighted by Gasteiger charge is -2.34. The normalized spacial score (nSPS) is 28.7. The van der Waals surface area contributed by atoms with Crippen LogP contribution in [0.5, 0.6) is 5.88 Å². The lowest BCUT2D eigenvalue weighted by molar-refractivity contribution is 0.193. The summed E-state index contributed by atoms with van der Waals surface area (Å²) in [6.45, 7) is 9.22. The van der Waals surface area contributed by atoms with Crippen LogP contribution in [0.3, 0.4) is 0 Å². The lowest BCUT2D eigenvalue weighted by atomic mass is 9.70. The van der Waals surface area contributed by atoms with Gasteiger partial charge in [-0.1, -0.05) is 51.1 Å². The van der Waals surface area contributed by atoms with Crippen molar-refractivity contribution in [3.05, 3.63) is 35.9 Å². The number of rotatable bonds is 3. The van der Waals surface area contributed by atoms with Crippen LogP contribution in [-0.4, -0.2) is 22.7 Å². The Balaban J connectivity index is 1.80. The van der Waals surface area contributed by atoms with Crippen molar-refractivity contribution in [1.29, 1.82) is 0 Å². The van der Waals surface area contributed by atoms with E-state index >= 15 is 0 Å². The Morgan fingerprint density at radius 2 is 1.92 bits per heavy atom. The number of methoxy groups -OCH3 is 1. The van der Waals surface area contributed by atoms with Gasteiger partial charge in [0.25, 0.3) is 0 Å². The van der Waals surface area contributed by atoms with E-state index < -0.39 is 0 Å². The van der Waals surface area contributed by atoms with Crippen LogP contribution in [0, 0.1) is 23.7 Å². The molecule has 4 heteroatoms. The molecule has 1 heterocycles. The molecule has 1 aromatic heterocycles. The maximum absolute atomic E-state index is 5.65. The minimum Gasteiger partial charge on any atom is -0.480 e. The van der Waals surface area contributed by atoms with Gasteiger partial charge in [0.2, 0.25) is 5.88 Å². The van der Waals surface area contributed by atoms with E-state index in [1.165, 1.54) is 18.6 Å². The van der Waals surface area contributed by atoms with Crippen LogP contribution in [0.15, 0.2) is 35.4 Å². The molecule has 2 bridgehead atoms. The Morgan fingerprint density at radius 3 is 2.48 bits per heavy atom. The topological polar surface area (TPSA) is 39.4 Å². The summed E-state index contributed by atoms with van der Waals surface area (Å²) in [6, 6.07) is 10.2. The van der Waals surface area contributed by atoms with Crippen molar-refractivity contribution in [1.82, 2.24) is 9.89 Å². The highest BCUT2D eigenvalue weighted by Gasteiger charge is 2.60. The summed E-state index contributed by atoms with van der Waals surface area (Å²) in [5.74, 6) is 1.46. The van der Waals surface area contributed by atoms with Crippen molar-refractivity contribution in [3.8, 4) is 17.1 Å². The third-order valence-electron chi connectivity index (χ3n) is 7.02. The summed E-state index contributed by atoms with van der Waals surface area (Å²) in [5.41, 5.74) is 4.81. The van der Waals surface area contributed by atoms with Crippen LogP contribution >= 0.6 is 0 Å². The van der Waals surface area contributed by atoms with E-state index in [0.29, 0.717) is 5.41 Å². The largest absolute Gasteiger partial charge is 0.480 e. The van der Waals surface area contributed by atoms with Crippen LogP contribution in [0.4, 0.5) is 0 Å². The van der Waals surface area contributed by atoms with E-state index in [1.807, 2.05) is 18.2 Å². The third kappa shape index (κ3) is 2.19. The van der Waals surface area contributed by atoms with Crippen LogP contribution in [0.1, 0.15) is 45.6 Å². The van der Waals surface area contributed by atoms with E-state index in [0.717, 1.165) is 35.0 Å². The zero-order valence-electron chi connectivity index (χ0n) is 15.8. The molecule has 0 saturated heterocycles. The van der Waals surface area contributed by atoms with Gasteiger partial charge < -0.3 is 4.74 Å². The molecule has 0 aliphatic heterocycles. The molecule has 2 aromatic rings. The molecule has 0 N–H and O–H groups in total. The maximum Gasteiger partial charge on any atom is 0.238 e. The number of fused-ring (bicyclic) bond motifs is 2.